The van der Waals surface area contributed by atoms with Crippen LogP contribution in [-0.2, 0) is 14.8 Å². The molecule has 0 aliphatic carbocycles. The molecule has 0 aliphatic heterocycles. The fourth-order valence-corrected chi connectivity index (χ4v) is 2.79. The summed E-state index contributed by atoms with van der Waals surface area (Å²) in [6.45, 7) is 1.39. The highest BCUT2D eigenvalue weighted by Crippen LogP contribution is 2.20. The number of benzene rings is 2. The number of anilines is 2. The first-order valence-corrected chi connectivity index (χ1v) is 7.55. The third-order valence-electron chi connectivity index (χ3n) is 2.59. The van der Waals surface area contributed by atoms with Crippen molar-refractivity contribution in [2.75, 3.05) is 10.0 Å². The molecule has 0 fully saturated rings. The minimum atomic E-state index is -3.77. The second-order valence-corrected chi connectivity index (χ2v) is 6.04. The maximum Gasteiger partial charge on any atom is 0.262 e. The highest BCUT2D eigenvalue weighted by Gasteiger charge is 2.14. The number of phenols is 1. The van der Waals surface area contributed by atoms with E-state index >= 15 is 0 Å². The van der Waals surface area contributed by atoms with Crippen LogP contribution in [0.15, 0.2) is 53.4 Å². The summed E-state index contributed by atoms with van der Waals surface area (Å²) in [7, 11) is -3.77. The molecule has 1 amide bonds. The van der Waals surface area contributed by atoms with Gasteiger partial charge in [-0.25, -0.2) is 8.42 Å². The monoisotopic (exact) mass is 306 g/mol. The number of amides is 1. The fourth-order valence-electron chi connectivity index (χ4n) is 1.69. The van der Waals surface area contributed by atoms with E-state index in [0.29, 0.717) is 11.4 Å². The quantitative estimate of drug-likeness (QED) is 0.806. The molecule has 2 rings (SSSR count). The topological polar surface area (TPSA) is 95.5 Å². The molecule has 0 saturated carbocycles. The van der Waals surface area contributed by atoms with Gasteiger partial charge in [0.15, 0.2) is 0 Å². The summed E-state index contributed by atoms with van der Waals surface area (Å²) in [5, 5.41) is 11.9. The van der Waals surface area contributed by atoms with Gasteiger partial charge in [0.05, 0.1) is 4.90 Å². The van der Waals surface area contributed by atoms with Gasteiger partial charge in [0, 0.05) is 24.4 Å². The Labute approximate surface area is 122 Å². The number of hydrogen-bond acceptors (Lipinski definition) is 4. The molecule has 0 aliphatic rings. The molecule has 2 aromatic carbocycles. The van der Waals surface area contributed by atoms with Crippen LogP contribution < -0.4 is 10.0 Å². The van der Waals surface area contributed by atoms with Crippen molar-refractivity contribution >= 4 is 27.3 Å². The number of sulfonamides is 1. The zero-order valence-electron chi connectivity index (χ0n) is 11.2. The van der Waals surface area contributed by atoms with E-state index in [-0.39, 0.29) is 16.6 Å². The lowest BCUT2D eigenvalue weighted by Gasteiger charge is -2.09. The summed E-state index contributed by atoms with van der Waals surface area (Å²) < 4.78 is 26.6. The molecular weight excluding hydrogens is 292 g/mol. The highest BCUT2D eigenvalue weighted by atomic mass is 32.2. The van der Waals surface area contributed by atoms with Gasteiger partial charge in [0.2, 0.25) is 5.91 Å². The van der Waals surface area contributed by atoms with E-state index in [4.69, 9.17) is 0 Å². The van der Waals surface area contributed by atoms with Crippen molar-refractivity contribution in [1.82, 2.24) is 0 Å². The third-order valence-corrected chi connectivity index (χ3v) is 3.96. The van der Waals surface area contributed by atoms with Crippen molar-refractivity contribution in [3.63, 3.8) is 0 Å². The molecule has 3 N–H and O–H groups in total. The van der Waals surface area contributed by atoms with Crippen molar-refractivity contribution in [2.45, 2.75) is 11.8 Å². The van der Waals surface area contributed by atoms with Crippen LogP contribution in [0.3, 0.4) is 0 Å². The molecule has 21 heavy (non-hydrogen) atoms. The first-order chi connectivity index (χ1) is 9.87. The summed E-state index contributed by atoms with van der Waals surface area (Å²) in [6.07, 6.45) is 0. The first kappa shape index (κ1) is 14.9. The zero-order chi connectivity index (χ0) is 15.5. The van der Waals surface area contributed by atoms with Crippen LogP contribution in [0.5, 0.6) is 5.75 Å². The smallest absolute Gasteiger partial charge is 0.262 e. The van der Waals surface area contributed by atoms with Gasteiger partial charge in [-0.15, -0.1) is 0 Å². The third kappa shape index (κ3) is 3.96. The van der Waals surface area contributed by atoms with Gasteiger partial charge in [-0.3, -0.25) is 9.52 Å². The minimum absolute atomic E-state index is 0.0339. The van der Waals surface area contributed by atoms with Crippen LogP contribution in [0.4, 0.5) is 11.4 Å². The van der Waals surface area contributed by atoms with Crippen LogP contribution in [0, 0.1) is 0 Å². The van der Waals surface area contributed by atoms with Crippen molar-refractivity contribution < 1.29 is 18.3 Å². The van der Waals surface area contributed by atoms with E-state index in [1.165, 1.54) is 37.3 Å². The lowest BCUT2D eigenvalue weighted by atomic mass is 10.3. The molecule has 0 atom stereocenters. The summed E-state index contributed by atoms with van der Waals surface area (Å²) in [6, 6.07) is 11.6. The average Bonchev–Trinajstić information content (AvgIpc) is 2.40. The lowest BCUT2D eigenvalue weighted by molar-refractivity contribution is -0.114. The van der Waals surface area contributed by atoms with Gasteiger partial charge in [-0.05, 0) is 36.4 Å². The van der Waals surface area contributed by atoms with E-state index in [1.807, 2.05) is 0 Å². The van der Waals surface area contributed by atoms with Gasteiger partial charge < -0.3 is 10.4 Å². The Kier molecular flexibility index (Phi) is 4.13. The number of nitrogens with one attached hydrogen (secondary N) is 2. The van der Waals surface area contributed by atoms with Crippen molar-refractivity contribution in [2.24, 2.45) is 0 Å². The lowest BCUT2D eigenvalue weighted by Crippen LogP contribution is -2.13. The van der Waals surface area contributed by atoms with Crippen molar-refractivity contribution in [3.8, 4) is 5.75 Å². The Morgan fingerprint density at radius 2 is 1.67 bits per heavy atom. The number of carbonyl (C=O) groups is 1. The standard InChI is InChI=1S/C14H14N2O4S/c1-10(17)15-11-5-7-12(8-6-11)16-21(19,20)14-4-2-3-13(18)9-14/h2-9,16,18H,1H3,(H,15,17). The van der Waals surface area contributed by atoms with Crippen LogP contribution in [-0.4, -0.2) is 19.4 Å². The summed E-state index contributed by atoms with van der Waals surface area (Å²) >= 11 is 0. The SMILES string of the molecule is CC(=O)Nc1ccc(NS(=O)(=O)c2cccc(O)c2)cc1. The van der Waals surface area contributed by atoms with Crippen LogP contribution in [0.1, 0.15) is 6.92 Å². The molecule has 0 aromatic heterocycles. The molecular formula is C14H14N2O4S. The van der Waals surface area contributed by atoms with Gasteiger partial charge >= 0.3 is 0 Å². The van der Waals surface area contributed by atoms with Crippen molar-refractivity contribution in [1.29, 1.82) is 0 Å². The van der Waals surface area contributed by atoms with E-state index < -0.39 is 10.0 Å². The summed E-state index contributed by atoms with van der Waals surface area (Å²) in [4.78, 5) is 10.9. The second kappa shape index (κ2) is 5.84. The predicted molar refractivity (Wildman–Crippen MR) is 79.7 cm³/mol. The molecule has 0 radical (unpaired) electrons. The molecule has 2 aromatic rings. The Morgan fingerprint density at radius 1 is 1.05 bits per heavy atom. The van der Waals surface area contributed by atoms with Crippen molar-refractivity contribution in [3.05, 3.63) is 48.5 Å². The van der Waals surface area contributed by atoms with E-state index in [0.717, 1.165) is 6.07 Å². The van der Waals surface area contributed by atoms with E-state index in [9.17, 15) is 18.3 Å². The molecule has 0 spiro atoms. The van der Waals surface area contributed by atoms with Gasteiger partial charge in [0.25, 0.3) is 10.0 Å². The Morgan fingerprint density at radius 3 is 2.24 bits per heavy atom. The average molecular weight is 306 g/mol. The van der Waals surface area contributed by atoms with Crippen LogP contribution in [0.25, 0.3) is 0 Å². The number of phenolic OH excluding ortho intramolecular Hbond substituents is 1. The van der Waals surface area contributed by atoms with Gasteiger partial charge in [0.1, 0.15) is 5.75 Å². The number of aromatic hydroxyl groups is 1. The van der Waals surface area contributed by atoms with E-state index in [1.54, 1.807) is 12.1 Å². The molecule has 7 heteroatoms. The summed E-state index contributed by atoms with van der Waals surface area (Å²) in [5.74, 6) is -0.332. The number of carbonyl (C=O) groups excluding carboxylic acids is 1. The Bertz CT molecular complexity index is 755. The highest BCUT2D eigenvalue weighted by molar-refractivity contribution is 7.92. The molecule has 0 saturated heterocycles. The molecule has 0 heterocycles. The molecule has 0 unspecified atom stereocenters. The summed E-state index contributed by atoms with van der Waals surface area (Å²) in [5.41, 5.74) is 0.926. The normalized spacial score (nSPS) is 10.9. The van der Waals surface area contributed by atoms with Crippen LogP contribution in [0.2, 0.25) is 0 Å². The Hall–Kier alpha value is -2.54. The first-order valence-electron chi connectivity index (χ1n) is 6.06. The maximum atomic E-state index is 12.1. The molecule has 0 bridgehead atoms. The predicted octanol–water partition coefficient (Wildman–Crippen LogP) is 2.15. The molecule has 110 valence electrons. The maximum absolute atomic E-state index is 12.1. The van der Waals surface area contributed by atoms with E-state index in [2.05, 4.69) is 10.0 Å². The second-order valence-electron chi connectivity index (χ2n) is 4.36. The fraction of sp³-hybridized carbons (Fsp3) is 0.0714. The number of rotatable bonds is 4. The number of hydrogen-bond donors (Lipinski definition) is 3. The van der Waals surface area contributed by atoms with Crippen LogP contribution >= 0.6 is 0 Å². The molecule has 6 nitrogen and oxygen atoms in total. The minimum Gasteiger partial charge on any atom is -0.508 e. The van der Waals surface area contributed by atoms with Gasteiger partial charge in [-0.1, -0.05) is 6.07 Å². The van der Waals surface area contributed by atoms with Gasteiger partial charge in [-0.2, -0.15) is 0 Å². The Balaban J connectivity index is 2.19. The zero-order valence-corrected chi connectivity index (χ0v) is 12.0. The largest absolute Gasteiger partial charge is 0.508 e.